The van der Waals surface area contributed by atoms with Crippen molar-refractivity contribution in [3.63, 3.8) is 0 Å². The number of methoxy groups -OCH3 is 1. The van der Waals surface area contributed by atoms with Crippen LogP contribution in [0.2, 0.25) is 0 Å². The molecule has 0 radical (unpaired) electrons. The molecule has 7 heteroatoms. The Kier molecular flexibility index (Phi) is 12.9. The summed E-state index contributed by atoms with van der Waals surface area (Å²) in [6, 6.07) is 7.95. The van der Waals surface area contributed by atoms with Gasteiger partial charge in [0.15, 0.2) is 5.96 Å². The Labute approximate surface area is 174 Å². The Hall–Kier alpha value is -1.51. The highest BCUT2D eigenvalue weighted by molar-refractivity contribution is 14.0. The van der Waals surface area contributed by atoms with E-state index in [1.807, 2.05) is 24.3 Å². The van der Waals surface area contributed by atoms with Crippen molar-refractivity contribution in [3.05, 3.63) is 29.8 Å². The number of amides is 1. The van der Waals surface area contributed by atoms with E-state index in [1.54, 1.807) is 0 Å². The number of carbonyl (C=O) groups excluding carboxylic acids is 1. The fraction of sp³-hybridized carbons (Fsp3) is 0.579. The molecule has 0 aliphatic heterocycles. The zero-order valence-electron chi connectivity index (χ0n) is 16.5. The predicted octanol–water partition coefficient (Wildman–Crippen LogP) is 4.36. The molecule has 6 nitrogen and oxygen atoms in total. The second-order valence-corrected chi connectivity index (χ2v) is 6.53. The van der Waals surface area contributed by atoms with E-state index in [4.69, 9.17) is 0 Å². The summed E-state index contributed by atoms with van der Waals surface area (Å²) >= 11 is 0. The number of hydrogen-bond donors (Lipinski definition) is 3. The van der Waals surface area contributed by atoms with Crippen LogP contribution in [0.25, 0.3) is 0 Å². The molecule has 0 bridgehead atoms. The molecule has 1 atom stereocenters. The van der Waals surface area contributed by atoms with Gasteiger partial charge in [0, 0.05) is 18.3 Å². The van der Waals surface area contributed by atoms with Gasteiger partial charge in [-0.25, -0.2) is 9.79 Å². The van der Waals surface area contributed by atoms with Crippen molar-refractivity contribution in [3.8, 4) is 0 Å². The molecule has 3 N–H and O–H groups in total. The highest BCUT2D eigenvalue weighted by Crippen LogP contribution is 2.11. The van der Waals surface area contributed by atoms with Gasteiger partial charge >= 0.3 is 6.09 Å². The van der Waals surface area contributed by atoms with Gasteiger partial charge in [0.05, 0.1) is 13.7 Å². The first kappa shape index (κ1) is 24.5. The maximum Gasteiger partial charge on any atom is 0.411 e. The average Bonchev–Trinajstić information content (AvgIpc) is 2.59. The van der Waals surface area contributed by atoms with Gasteiger partial charge in [0.2, 0.25) is 0 Å². The first-order chi connectivity index (χ1) is 11.9. The fourth-order valence-corrected chi connectivity index (χ4v) is 2.24. The highest BCUT2D eigenvalue weighted by atomic mass is 127. The van der Waals surface area contributed by atoms with Crippen LogP contribution in [0, 0.1) is 5.92 Å². The van der Waals surface area contributed by atoms with Crippen LogP contribution < -0.4 is 16.0 Å². The Morgan fingerprint density at radius 2 is 1.81 bits per heavy atom. The molecule has 0 heterocycles. The molecule has 1 rings (SSSR count). The monoisotopic (exact) mass is 476 g/mol. The van der Waals surface area contributed by atoms with Crippen LogP contribution >= 0.6 is 24.0 Å². The van der Waals surface area contributed by atoms with E-state index in [1.165, 1.54) is 13.5 Å². The summed E-state index contributed by atoms with van der Waals surface area (Å²) in [5, 5.41) is 9.37. The maximum absolute atomic E-state index is 11.2. The summed E-state index contributed by atoms with van der Waals surface area (Å²) in [7, 11) is 1.34. The van der Waals surface area contributed by atoms with E-state index in [9.17, 15) is 4.79 Å². The molecular weight excluding hydrogens is 443 g/mol. The minimum Gasteiger partial charge on any atom is -0.453 e. The number of benzene rings is 1. The van der Waals surface area contributed by atoms with Gasteiger partial charge in [0.1, 0.15) is 0 Å². The number of hydrogen-bond acceptors (Lipinski definition) is 3. The van der Waals surface area contributed by atoms with E-state index >= 15 is 0 Å². The van der Waals surface area contributed by atoms with Gasteiger partial charge in [0.25, 0.3) is 0 Å². The van der Waals surface area contributed by atoms with Crippen LogP contribution in [0.1, 0.15) is 46.1 Å². The van der Waals surface area contributed by atoms with E-state index in [2.05, 4.69) is 53.4 Å². The van der Waals surface area contributed by atoms with Gasteiger partial charge in [-0.05, 0) is 50.3 Å². The number of rotatable bonds is 8. The minimum absolute atomic E-state index is 0. The molecule has 1 amide bonds. The predicted molar refractivity (Wildman–Crippen MR) is 119 cm³/mol. The molecule has 0 aliphatic rings. The molecule has 1 aromatic rings. The van der Waals surface area contributed by atoms with E-state index in [0.29, 0.717) is 24.2 Å². The van der Waals surface area contributed by atoms with Crippen LogP contribution in [-0.2, 0) is 11.3 Å². The van der Waals surface area contributed by atoms with Crippen LogP contribution in [0.15, 0.2) is 29.3 Å². The zero-order valence-corrected chi connectivity index (χ0v) is 18.8. The summed E-state index contributed by atoms with van der Waals surface area (Å²) in [6.45, 7) is 10.1. The first-order valence-corrected chi connectivity index (χ1v) is 8.93. The van der Waals surface area contributed by atoms with Crippen LogP contribution in [0.4, 0.5) is 10.5 Å². The number of carbonyl (C=O) groups is 1. The summed E-state index contributed by atoms with van der Waals surface area (Å²) in [6.07, 6.45) is 1.85. The summed E-state index contributed by atoms with van der Waals surface area (Å²) in [4.78, 5) is 15.8. The molecular formula is C19H33IN4O2. The largest absolute Gasteiger partial charge is 0.453 e. The van der Waals surface area contributed by atoms with Gasteiger partial charge in [-0.15, -0.1) is 24.0 Å². The number of nitrogens with one attached hydrogen (secondary N) is 3. The number of halogens is 1. The molecule has 0 saturated heterocycles. The van der Waals surface area contributed by atoms with Gasteiger partial charge in [-0.3, -0.25) is 5.32 Å². The number of anilines is 1. The summed E-state index contributed by atoms with van der Waals surface area (Å²) in [5.74, 6) is 1.54. The fourth-order valence-electron chi connectivity index (χ4n) is 2.24. The Bertz CT molecular complexity index is 547. The van der Waals surface area contributed by atoms with Crippen LogP contribution in [0.5, 0.6) is 0 Å². The average molecular weight is 476 g/mol. The van der Waals surface area contributed by atoms with E-state index < -0.39 is 6.09 Å². The molecule has 1 unspecified atom stereocenters. The van der Waals surface area contributed by atoms with Crippen molar-refractivity contribution in [2.75, 3.05) is 19.0 Å². The molecule has 0 saturated carbocycles. The third-order valence-corrected chi connectivity index (χ3v) is 3.71. The molecule has 148 valence electrons. The third-order valence-electron chi connectivity index (χ3n) is 3.71. The van der Waals surface area contributed by atoms with Crippen molar-refractivity contribution in [1.82, 2.24) is 10.6 Å². The second kappa shape index (κ2) is 13.7. The van der Waals surface area contributed by atoms with E-state index in [0.717, 1.165) is 24.5 Å². The smallest absolute Gasteiger partial charge is 0.411 e. The van der Waals surface area contributed by atoms with Crippen molar-refractivity contribution in [2.45, 2.75) is 53.1 Å². The molecule has 0 fully saturated rings. The number of guanidine groups is 1. The van der Waals surface area contributed by atoms with Gasteiger partial charge in [-0.1, -0.05) is 26.0 Å². The lowest BCUT2D eigenvalue weighted by Crippen LogP contribution is -2.42. The van der Waals surface area contributed by atoms with Gasteiger partial charge in [-0.2, -0.15) is 0 Å². The van der Waals surface area contributed by atoms with Crippen LogP contribution in [0.3, 0.4) is 0 Å². The molecule has 0 aliphatic carbocycles. The quantitative estimate of drug-likeness (QED) is 0.296. The first-order valence-electron chi connectivity index (χ1n) is 8.93. The standard InChI is InChI=1S/C19H32N4O2.HI/c1-6-20-18(22-15(4)8-7-14(2)3)21-13-16-9-11-17(12-10-16)23-19(24)25-5;/h9-12,14-15H,6-8,13H2,1-5H3,(H,23,24)(H2,20,21,22);1H. The summed E-state index contributed by atoms with van der Waals surface area (Å²) in [5.41, 5.74) is 1.77. The maximum atomic E-state index is 11.2. The second-order valence-electron chi connectivity index (χ2n) is 6.53. The van der Waals surface area contributed by atoms with E-state index in [-0.39, 0.29) is 24.0 Å². The van der Waals surface area contributed by atoms with Gasteiger partial charge < -0.3 is 15.4 Å². The van der Waals surface area contributed by atoms with Crippen LogP contribution in [-0.4, -0.2) is 31.7 Å². The minimum atomic E-state index is -0.472. The van der Waals surface area contributed by atoms with Crippen molar-refractivity contribution in [1.29, 1.82) is 0 Å². The topological polar surface area (TPSA) is 74.8 Å². The highest BCUT2D eigenvalue weighted by Gasteiger charge is 2.06. The molecule has 0 spiro atoms. The Balaban J connectivity index is 0.00000625. The Morgan fingerprint density at radius 3 is 2.35 bits per heavy atom. The number of nitrogens with zero attached hydrogens (tertiary/aromatic N) is 1. The SMILES string of the molecule is CCNC(=NCc1ccc(NC(=O)OC)cc1)NC(C)CCC(C)C.I. The Morgan fingerprint density at radius 1 is 1.15 bits per heavy atom. The van der Waals surface area contributed by atoms with Crippen molar-refractivity contribution < 1.29 is 9.53 Å². The molecule has 0 aromatic heterocycles. The summed E-state index contributed by atoms with van der Waals surface area (Å²) < 4.78 is 4.57. The molecule has 26 heavy (non-hydrogen) atoms. The number of ether oxygens (including phenoxy) is 1. The number of aliphatic imine (C=N–C) groups is 1. The lowest BCUT2D eigenvalue weighted by atomic mass is 10.0. The third kappa shape index (κ3) is 10.5. The lowest BCUT2D eigenvalue weighted by molar-refractivity contribution is 0.187. The zero-order chi connectivity index (χ0) is 18.7. The lowest BCUT2D eigenvalue weighted by Gasteiger charge is -2.18. The van der Waals surface area contributed by atoms with Crippen molar-refractivity contribution in [2.24, 2.45) is 10.9 Å². The molecule has 1 aromatic carbocycles. The van der Waals surface area contributed by atoms with Crippen molar-refractivity contribution >= 4 is 41.7 Å². The normalized spacial score (nSPS) is 12.2.